The molecule has 3 rings (SSSR count). The topological polar surface area (TPSA) is 148 Å². The van der Waals surface area contributed by atoms with Gasteiger partial charge in [-0.25, -0.2) is 16.8 Å². The van der Waals surface area contributed by atoms with Crippen LogP contribution in [-0.2, 0) is 24.5 Å². The molecule has 1 aromatic carbocycles. The molecular weight excluding hydrogens is 521 g/mol. The van der Waals surface area contributed by atoms with E-state index in [1.807, 2.05) is 12.1 Å². The second-order valence-electron chi connectivity index (χ2n) is 8.22. The number of nitrogens with zero attached hydrogens (tertiary/aromatic N) is 3. The predicted molar refractivity (Wildman–Crippen MR) is 121 cm³/mol. The second kappa shape index (κ2) is 8.89. The van der Waals surface area contributed by atoms with Crippen molar-refractivity contribution < 1.29 is 34.8 Å². The summed E-state index contributed by atoms with van der Waals surface area (Å²) in [5.74, 6) is -1.73. The molecular formula is C22H19F3N4O5S2. The van der Waals surface area contributed by atoms with Crippen LogP contribution in [0.5, 0.6) is 0 Å². The molecule has 1 unspecified atom stereocenters. The first-order chi connectivity index (χ1) is 16.5. The van der Waals surface area contributed by atoms with E-state index in [9.17, 15) is 40.1 Å². The summed E-state index contributed by atoms with van der Waals surface area (Å²) >= 11 is 0. The number of carbonyl (C=O) groups excluding carboxylic acids is 1. The number of nitriles is 2. The van der Waals surface area contributed by atoms with Crippen molar-refractivity contribution in [3.05, 3.63) is 64.5 Å². The normalized spacial score (nSPS) is 23.2. The molecule has 0 saturated heterocycles. The maximum atomic E-state index is 14.0. The van der Waals surface area contributed by atoms with Gasteiger partial charge in [0.25, 0.3) is 0 Å². The van der Waals surface area contributed by atoms with E-state index in [2.05, 4.69) is 5.32 Å². The number of benzene rings is 1. The Bertz CT molecular complexity index is 1540. The SMILES string of the molecule is CC1=C(C#N)[C@@H](c2ccc(C#N)cc2S(C)(=O)=O)NCN1C1=CC=CC(C(F)(F)F)(S(C)(=O)=O)C1=O. The molecule has 1 aliphatic carbocycles. The van der Waals surface area contributed by atoms with E-state index in [1.54, 1.807) is 0 Å². The minimum Gasteiger partial charge on any atom is -0.328 e. The Hall–Kier alpha value is -3.46. The first-order valence-electron chi connectivity index (χ1n) is 10.1. The van der Waals surface area contributed by atoms with E-state index < -0.39 is 48.1 Å². The Kier molecular flexibility index (Phi) is 6.70. The van der Waals surface area contributed by atoms with Crippen LogP contribution in [0.2, 0.25) is 0 Å². The number of sulfone groups is 2. The summed E-state index contributed by atoms with van der Waals surface area (Å²) in [7, 11) is -8.87. The van der Waals surface area contributed by atoms with Gasteiger partial charge in [0.15, 0.2) is 19.7 Å². The molecule has 1 aliphatic heterocycles. The molecule has 1 aromatic rings. The number of hydrogen-bond donors (Lipinski definition) is 1. The number of allylic oxidation sites excluding steroid dienone is 4. The molecule has 1 heterocycles. The maximum Gasteiger partial charge on any atom is 0.419 e. The van der Waals surface area contributed by atoms with E-state index in [0.29, 0.717) is 6.26 Å². The lowest BCUT2D eigenvalue weighted by Crippen LogP contribution is -2.59. The van der Waals surface area contributed by atoms with Crippen molar-refractivity contribution in [2.24, 2.45) is 0 Å². The van der Waals surface area contributed by atoms with Gasteiger partial charge in [-0.2, -0.15) is 23.7 Å². The number of ketones is 1. The highest BCUT2D eigenvalue weighted by Gasteiger charge is 2.67. The van der Waals surface area contributed by atoms with Crippen LogP contribution >= 0.6 is 0 Å². The van der Waals surface area contributed by atoms with Crippen molar-refractivity contribution in [1.29, 1.82) is 10.5 Å². The monoisotopic (exact) mass is 540 g/mol. The van der Waals surface area contributed by atoms with E-state index in [-0.39, 0.29) is 40.0 Å². The quantitative estimate of drug-likeness (QED) is 0.606. The number of rotatable bonds is 4. The molecule has 0 radical (unpaired) electrons. The fourth-order valence-electron chi connectivity index (χ4n) is 4.15. The lowest BCUT2D eigenvalue weighted by molar-refractivity contribution is -0.161. The van der Waals surface area contributed by atoms with Gasteiger partial charge < -0.3 is 4.90 Å². The summed E-state index contributed by atoms with van der Waals surface area (Å²) in [5.41, 5.74) is -0.526. The van der Waals surface area contributed by atoms with Crippen LogP contribution in [0, 0.1) is 22.7 Å². The molecule has 14 heteroatoms. The van der Waals surface area contributed by atoms with Crippen molar-refractivity contribution in [1.82, 2.24) is 10.2 Å². The second-order valence-corrected chi connectivity index (χ2v) is 12.4. The van der Waals surface area contributed by atoms with E-state index in [0.717, 1.165) is 29.4 Å². The van der Waals surface area contributed by atoms with Gasteiger partial charge in [-0.15, -0.1) is 0 Å². The number of halogens is 3. The minimum atomic E-state index is -5.46. The van der Waals surface area contributed by atoms with Crippen molar-refractivity contribution in [3.8, 4) is 12.1 Å². The summed E-state index contributed by atoms with van der Waals surface area (Å²) in [4.78, 5) is 13.9. The largest absolute Gasteiger partial charge is 0.419 e. The molecule has 0 amide bonds. The lowest BCUT2D eigenvalue weighted by Gasteiger charge is -2.40. The Labute approximate surface area is 205 Å². The zero-order valence-electron chi connectivity index (χ0n) is 19.1. The molecule has 0 spiro atoms. The van der Waals surface area contributed by atoms with Gasteiger partial charge in [0, 0.05) is 18.2 Å². The summed E-state index contributed by atoms with van der Waals surface area (Å²) < 4.78 is 87.3. The summed E-state index contributed by atoms with van der Waals surface area (Å²) in [6.07, 6.45) is -2.10. The molecule has 2 aliphatic rings. The highest BCUT2D eigenvalue weighted by Crippen LogP contribution is 2.44. The number of alkyl halides is 3. The van der Waals surface area contributed by atoms with E-state index >= 15 is 0 Å². The smallest absolute Gasteiger partial charge is 0.328 e. The summed E-state index contributed by atoms with van der Waals surface area (Å²) in [6, 6.07) is 6.52. The minimum absolute atomic E-state index is 0.0181. The average Bonchev–Trinajstić information content (AvgIpc) is 2.76. The molecule has 0 bridgehead atoms. The Morgan fingerprint density at radius 1 is 1.14 bits per heavy atom. The Balaban J connectivity index is 2.16. The van der Waals surface area contributed by atoms with E-state index in [4.69, 9.17) is 5.26 Å². The third-order valence-corrected chi connectivity index (χ3v) is 8.84. The van der Waals surface area contributed by atoms with Gasteiger partial charge >= 0.3 is 6.18 Å². The first-order valence-corrected chi connectivity index (χ1v) is 13.9. The lowest BCUT2D eigenvalue weighted by atomic mass is 9.91. The molecule has 0 aromatic heterocycles. The fraction of sp³-hybridized carbons (Fsp3) is 0.318. The molecule has 0 saturated carbocycles. The first kappa shape index (κ1) is 27.1. The van der Waals surface area contributed by atoms with Gasteiger partial charge in [-0.05, 0) is 36.8 Å². The molecule has 1 N–H and O–H groups in total. The standard InChI is InChI=1S/C22H19F3N4O5S2/c1-13-16(11-27)19(15-7-6-14(10-26)9-18(15)35(2,31)32)28-12-29(13)17-5-4-8-21(20(17)30,22(23,24)25)36(3,33)34/h4-9,19,28H,12H2,1-3H3/t19-,21?/m1/s1. The summed E-state index contributed by atoms with van der Waals surface area (Å²) in [5, 5.41) is 21.8. The number of Topliss-reactive ketones (excluding diaryl/α,β-unsaturated/α-hetero) is 1. The highest BCUT2D eigenvalue weighted by molar-refractivity contribution is 7.93. The zero-order valence-corrected chi connectivity index (χ0v) is 20.7. The third-order valence-electron chi connectivity index (χ3n) is 5.96. The molecule has 0 fully saturated rings. The maximum absolute atomic E-state index is 14.0. The van der Waals surface area contributed by atoms with Crippen LogP contribution in [0.4, 0.5) is 13.2 Å². The van der Waals surface area contributed by atoms with Crippen LogP contribution in [-0.4, -0.2) is 57.6 Å². The van der Waals surface area contributed by atoms with Crippen LogP contribution in [0.3, 0.4) is 0 Å². The fourth-order valence-corrected chi connectivity index (χ4v) is 6.29. The summed E-state index contributed by atoms with van der Waals surface area (Å²) in [6.45, 7) is 0.992. The van der Waals surface area contributed by atoms with Crippen LogP contribution in [0.1, 0.15) is 24.1 Å². The Morgan fingerprint density at radius 3 is 2.28 bits per heavy atom. The van der Waals surface area contributed by atoms with Crippen LogP contribution < -0.4 is 5.32 Å². The van der Waals surface area contributed by atoms with Crippen molar-refractivity contribution in [3.63, 3.8) is 0 Å². The van der Waals surface area contributed by atoms with Gasteiger partial charge in [-0.1, -0.05) is 12.1 Å². The predicted octanol–water partition coefficient (Wildman–Crippen LogP) is 2.03. The zero-order chi connectivity index (χ0) is 27.3. The van der Waals surface area contributed by atoms with Gasteiger partial charge in [-0.3, -0.25) is 10.1 Å². The average molecular weight is 541 g/mol. The molecule has 190 valence electrons. The molecule has 2 atom stereocenters. The number of nitrogens with one attached hydrogen (secondary N) is 1. The van der Waals surface area contributed by atoms with Crippen molar-refractivity contribution in [2.45, 2.75) is 28.8 Å². The molecule has 9 nitrogen and oxygen atoms in total. The van der Waals surface area contributed by atoms with Crippen molar-refractivity contribution >= 4 is 25.5 Å². The van der Waals surface area contributed by atoms with E-state index in [1.165, 1.54) is 19.1 Å². The van der Waals surface area contributed by atoms with Crippen molar-refractivity contribution in [2.75, 3.05) is 19.2 Å². The van der Waals surface area contributed by atoms with Gasteiger partial charge in [0.05, 0.1) is 46.6 Å². The number of hydrogen-bond acceptors (Lipinski definition) is 9. The molecule has 36 heavy (non-hydrogen) atoms. The van der Waals surface area contributed by atoms with Crippen LogP contribution in [0.25, 0.3) is 0 Å². The van der Waals surface area contributed by atoms with Crippen LogP contribution in [0.15, 0.2) is 58.3 Å². The van der Waals surface area contributed by atoms with Gasteiger partial charge in [0.1, 0.15) is 0 Å². The number of carbonyl (C=O) groups is 1. The highest BCUT2D eigenvalue weighted by atomic mass is 32.2. The Morgan fingerprint density at radius 2 is 1.78 bits per heavy atom. The third kappa shape index (κ3) is 4.21. The van der Waals surface area contributed by atoms with Gasteiger partial charge in [0.2, 0.25) is 10.5 Å².